The van der Waals surface area contributed by atoms with Gasteiger partial charge in [-0.1, -0.05) is 38.4 Å². The minimum absolute atomic E-state index is 0.194. The van der Waals surface area contributed by atoms with Crippen LogP contribution in [0.4, 0.5) is 0 Å². The smallest absolute Gasteiger partial charge is 0.243 e. The van der Waals surface area contributed by atoms with Gasteiger partial charge in [-0.05, 0) is 49.9 Å². The number of aryl methyl sites for hydroxylation is 1. The first-order chi connectivity index (χ1) is 15.7. The molecular formula is C24H33ClN4O3S. The Hall–Kier alpha value is -2.00. The number of sulfonamides is 1. The molecule has 0 radical (unpaired) electrons. The Morgan fingerprint density at radius 3 is 2.61 bits per heavy atom. The number of pyridine rings is 1. The number of aromatic nitrogens is 3. The predicted molar refractivity (Wildman–Crippen MR) is 132 cm³/mol. The van der Waals surface area contributed by atoms with Crippen LogP contribution in [0.3, 0.4) is 0 Å². The minimum Gasteiger partial charge on any atom is -0.380 e. The van der Waals surface area contributed by atoms with Crippen molar-refractivity contribution in [2.45, 2.75) is 58.5 Å². The molecule has 0 saturated heterocycles. The van der Waals surface area contributed by atoms with Gasteiger partial charge in [0.05, 0.1) is 29.8 Å². The number of ether oxygens (including phenoxy) is 1. The molecule has 0 aliphatic rings. The van der Waals surface area contributed by atoms with Crippen molar-refractivity contribution in [2.75, 3.05) is 19.8 Å². The van der Waals surface area contributed by atoms with E-state index in [0.717, 1.165) is 28.8 Å². The van der Waals surface area contributed by atoms with E-state index in [1.165, 1.54) is 4.31 Å². The van der Waals surface area contributed by atoms with Gasteiger partial charge >= 0.3 is 0 Å². The van der Waals surface area contributed by atoms with E-state index in [-0.39, 0.29) is 10.9 Å². The van der Waals surface area contributed by atoms with E-state index in [1.807, 2.05) is 31.4 Å². The van der Waals surface area contributed by atoms with Gasteiger partial charge in [0.25, 0.3) is 0 Å². The van der Waals surface area contributed by atoms with Crippen molar-refractivity contribution < 1.29 is 13.2 Å². The number of rotatable bonds is 11. The molecule has 9 heteroatoms. The second kappa shape index (κ2) is 11.0. The minimum atomic E-state index is -3.73. The summed E-state index contributed by atoms with van der Waals surface area (Å²) in [7, 11) is -3.73. The molecular weight excluding hydrogens is 460 g/mol. The maximum Gasteiger partial charge on any atom is 0.243 e. The molecule has 1 aromatic carbocycles. The van der Waals surface area contributed by atoms with E-state index in [1.54, 1.807) is 30.6 Å². The first-order valence-electron chi connectivity index (χ1n) is 11.3. The molecule has 7 nitrogen and oxygen atoms in total. The fourth-order valence-corrected chi connectivity index (χ4v) is 6.08. The van der Waals surface area contributed by atoms with E-state index < -0.39 is 10.0 Å². The van der Waals surface area contributed by atoms with Crippen molar-refractivity contribution in [3.8, 4) is 0 Å². The molecule has 0 aliphatic carbocycles. The van der Waals surface area contributed by atoms with Crippen LogP contribution in [-0.4, -0.2) is 53.1 Å². The second-order valence-electron chi connectivity index (χ2n) is 8.51. The van der Waals surface area contributed by atoms with Crippen LogP contribution in [0.5, 0.6) is 0 Å². The molecule has 1 atom stereocenters. The van der Waals surface area contributed by atoms with Crippen LogP contribution in [0, 0.1) is 12.8 Å². The number of fused-ring (bicyclic) bond motifs is 1. The number of imidazole rings is 1. The van der Waals surface area contributed by atoms with Crippen LogP contribution in [0.1, 0.15) is 45.5 Å². The van der Waals surface area contributed by atoms with Gasteiger partial charge in [-0.3, -0.25) is 4.98 Å². The summed E-state index contributed by atoms with van der Waals surface area (Å²) in [5, 5.41) is 0.410. The lowest BCUT2D eigenvalue weighted by Gasteiger charge is -2.31. The number of hydrogen-bond acceptors (Lipinski definition) is 5. The maximum atomic E-state index is 13.5. The van der Waals surface area contributed by atoms with E-state index in [9.17, 15) is 8.42 Å². The number of hydrogen-bond donors (Lipinski definition) is 0. The Kier molecular flexibility index (Phi) is 8.50. The third-order valence-corrected chi connectivity index (χ3v) is 8.05. The normalized spacial score (nSPS) is 13.3. The first-order valence-corrected chi connectivity index (χ1v) is 13.2. The molecule has 2 aromatic heterocycles. The average molecular weight is 493 g/mol. The lowest BCUT2D eigenvalue weighted by molar-refractivity contribution is 0.0901. The summed E-state index contributed by atoms with van der Waals surface area (Å²) in [5.41, 5.74) is 2.60. The second-order valence-corrected chi connectivity index (χ2v) is 10.8. The molecule has 0 amide bonds. The van der Waals surface area contributed by atoms with Gasteiger partial charge in [0, 0.05) is 30.4 Å². The molecule has 0 spiro atoms. The Balaban J connectivity index is 1.91. The number of nitrogens with zero attached hydrogens (tertiary/aromatic N) is 4. The molecule has 33 heavy (non-hydrogen) atoms. The van der Waals surface area contributed by atoms with Gasteiger partial charge in [0.2, 0.25) is 10.0 Å². The van der Waals surface area contributed by atoms with E-state index in [0.29, 0.717) is 37.2 Å². The third-order valence-electron chi connectivity index (χ3n) is 5.68. The van der Waals surface area contributed by atoms with Crippen molar-refractivity contribution in [1.29, 1.82) is 0 Å². The van der Waals surface area contributed by atoms with Crippen molar-refractivity contribution in [3.05, 3.63) is 53.1 Å². The van der Waals surface area contributed by atoms with Crippen molar-refractivity contribution in [2.24, 2.45) is 5.92 Å². The molecule has 0 saturated carbocycles. The highest BCUT2D eigenvalue weighted by molar-refractivity contribution is 7.89. The standard InChI is InChI=1S/C24H33ClN4O3S/c1-6-29(20(12-17(3)4)16-32-7-2)33(30,31)21-9-8-19(22(25)13-21)15-28-18(5)27-23-14-26-11-10-24(23)28/h8-11,13-14,17,20H,6-7,12,15-16H2,1-5H3/t20-/m0/s1. The lowest BCUT2D eigenvalue weighted by atomic mass is 10.0. The number of halogens is 1. The summed E-state index contributed by atoms with van der Waals surface area (Å²) in [6, 6.07) is 6.66. The van der Waals surface area contributed by atoms with E-state index in [2.05, 4.69) is 23.8 Å². The van der Waals surface area contributed by atoms with Gasteiger partial charge < -0.3 is 9.30 Å². The predicted octanol–water partition coefficient (Wildman–Crippen LogP) is 4.90. The Labute approximate surface area is 201 Å². The monoisotopic (exact) mass is 492 g/mol. The lowest BCUT2D eigenvalue weighted by Crippen LogP contribution is -2.43. The van der Waals surface area contributed by atoms with Crippen LogP contribution in [-0.2, 0) is 21.3 Å². The molecule has 0 fully saturated rings. The van der Waals surface area contributed by atoms with Crippen LogP contribution >= 0.6 is 11.6 Å². The van der Waals surface area contributed by atoms with E-state index in [4.69, 9.17) is 16.3 Å². The summed E-state index contributed by atoms with van der Waals surface area (Å²) < 4.78 is 36.3. The fraction of sp³-hybridized carbons (Fsp3) is 0.500. The summed E-state index contributed by atoms with van der Waals surface area (Å²) in [5.74, 6) is 1.18. The molecule has 3 rings (SSSR count). The zero-order valence-corrected chi connectivity index (χ0v) is 21.5. The SMILES string of the molecule is CCOC[C@H](CC(C)C)N(CC)S(=O)(=O)c1ccc(Cn2c(C)nc3cnccc32)c(Cl)c1. The van der Waals surface area contributed by atoms with Crippen LogP contribution < -0.4 is 0 Å². The van der Waals surface area contributed by atoms with Crippen molar-refractivity contribution >= 4 is 32.7 Å². The summed E-state index contributed by atoms with van der Waals surface area (Å²) in [6.45, 7) is 11.6. The van der Waals surface area contributed by atoms with E-state index >= 15 is 0 Å². The Bertz CT molecular complexity index is 1190. The van der Waals surface area contributed by atoms with Crippen LogP contribution in [0.15, 0.2) is 41.6 Å². The zero-order chi connectivity index (χ0) is 24.2. The highest BCUT2D eigenvalue weighted by Gasteiger charge is 2.31. The van der Waals surface area contributed by atoms with Crippen LogP contribution in [0.25, 0.3) is 11.0 Å². The van der Waals surface area contributed by atoms with Crippen LogP contribution in [0.2, 0.25) is 5.02 Å². The summed E-state index contributed by atoms with van der Waals surface area (Å²) in [6.07, 6.45) is 4.18. The molecule has 3 aromatic rings. The average Bonchev–Trinajstić information content (AvgIpc) is 3.08. The first kappa shape index (κ1) is 25.6. The van der Waals surface area contributed by atoms with Gasteiger partial charge in [0.1, 0.15) is 11.3 Å². The van der Waals surface area contributed by atoms with Crippen molar-refractivity contribution in [1.82, 2.24) is 18.8 Å². The Morgan fingerprint density at radius 1 is 1.21 bits per heavy atom. The summed E-state index contributed by atoms with van der Waals surface area (Å²) >= 11 is 6.60. The van der Waals surface area contributed by atoms with Crippen molar-refractivity contribution in [3.63, 3.8) is 0 Å². The highest BCUT2D eigenvalue weighted by atomic mass is 35.5. The zero-order valence-electron chi connectivity index (χ0n) is 20.0. The fourth-order valence-electron chi connectivity index (χ4n) is 4.12. The maximum absolute atomic E-state index is 13.5. The molecule has 0 unspecified atom stereocenters. The van der Waals surface area contributed by atoms with Gasteiger partial charge in [0.15, 0.2) is 0 Å². The van der Waals surface area contributed by atoms with Gasteiger partial charge in [-0.2, -0.15) is 4.31 Å². The highest BCUT2D eigenvalue weighted by Crippen LogP contribution is 2.28. The molecule has 0 bridgehead atoms. The number of benzene rings is 1. The Morgan fingerprint density at radius 2 is 1.97 bits per heavy atom. The molecule has 0 aliphatic heterocycles. The third kappa shape index (κ3) is 5.74. The topological polar surface area (TPSA) is 77.3 Å². The van der Waals surface area contributed by atoms with Gasteiger partial charge in [-0.15, -0.1) is 0 Å². The molecule has 0 N–H and O–H groups in total. The molecule has 2 heterocycles. The van der Waals surface area contributed by atoms with Gasteiger partial charge in [-0.25, -0.2) is 13.4 Å². The number of likely N-dealkylation sites (N-methyl/N-ethyl adjacent to an activating group) is 1. The largest absolute Gasteiger partial charge is 0.380 e. The summed E-state index contributed by atoms with van der Waals surface area (Å²) in [4.78, 5) is 8.86. The quantitative estimate of drug-likeness (QED) is 0.380. The molecule has 180 valence electrons.